The Kier molecular flexibility index (Phi) is 5.82. The summed E-state index contributed by atoms with van der Waals surface area (Å²) in [5.74, 6) is -0.401. The molecule has 0 saturated heterocycles. The zero-order valence-electron chi connectivity index (χ0n) is 13.4. The molecule has 5 nitrogen and oxygen atoms in total. The van der Waals surface area contributed by atoms with Gasteiger partial charge in [0, 0.05) is 6.42 Å². The molecule has 2 aromatic carbocycles. The van der Waals surface area contributed by atoms with Crippen molar-refractivity contribution in [3.8, 4) is 0 Å². The molecule has 0 unspecified atom stereocenters. The van der Waals surface area contributed by atoms with Gasteiger partial charge in [-0.2, -0.15) is 0 Å². The van der Waals surface area contributed by atoms with Crippen LogP contribution in [0.25, 0.3) is 10.2 Å². The number of thiazole rings is 1. The minimum absolute atomic E-state index is 0.0729. The van der Waals surface area contributed by atoms with Gasteiger partial charge in [-0.3, -0.25) is 4.79 Å². The van der Waals surface area contributed by atoms with Gasteiger partial charge in [0.15, 0.2) is 15.0 Å². The van der Waals surface area contributed by atoms with Crippen LogP contribution < -0.4 is 5.32 Å². The smallest absolute Gasteiger partial charge is 0.226 e. The highest BCUT2D eigenvalue weighted by Crippen LogP contribution is 2.36. The quantitative estimate of drug-likeness (QED) is 0.611. The number of hydrogen-bond donors (Lipinski definition) is 1. The number of aromatic nitrogens is 1. The number of fused-ring (bicyclic) bond motifs is 1. The van der Waals surface area contributed by atoms with Crippen LogP contribution in [-0.2, 0) is 14.6 Å². The average Bonchev–Trinajstić information content (AvgIpc) is 3.04. The van der Waals surface area contributed by atoms with E-state index in [9.17, 15) is 13.2 Å². The zero-order valence-corrected chi connectivity index (χ0v) is 16.6. The Morgan fingerprint density at radius 3 is 2.46 bits per heavy atom. The number of nitrogens with zero attached hydrogens (tertiary/aromatic N) is 1. The van der Waals surface area contributed by atoms with E-state index in [2.05, 4.69) is 10.3 Å². The summed E-state index contributed by atoms with van der Waals surface area (Å²) in [6, 6.07) is 11.5. The van der Waals surface area contributed by atoms with Gasteiger partial charge in [0.1, 0.15) is 5.52 Å². The first-order chi connectivity index (χ1) is 12.4. The summed E-state index contributed by atoms with van der Waals surface area (Å²) in [5.41, 5.74) is 0.533. The number of hydrogen-bond acceptors (Lipinski definition) is 5. The molecule has 0 radical (unpaired) electrons. The Morgan fingerprint density at radius 2 is 1.77 bits per heavy atom. The number of carbonyl (C=O) groups excluding carboxylic acids is 1. The summed E-state index contributed by atoms with van der Waals surface area (Å²) in [5, 5.41) is 4.01. The first kappa shape index (κ1) is 19.1. The second kappa shape index (κ2) is 7.92. The summed E-state index contributed by atoms with van der Waals surface area (Å²) in [6.45, 7) is 0. The predicted molar refractivity (Wildman–Crippen MR) is 106 cm³/mol. The van der Waals surface area contributed by atoms with Crippen LogP contribution in [0.15, 0.2) is 47.4 Å². The fraction of sp³-hybridized carbons (Fsp3) is 0.176. The molecule has 1 amide bonds. The van der Waals surface area contributed by atoms with E-state index >= 15 is 0 Å². The second-order valence-corrected chi connectivity index (χ2v) is 9.43. The topological polar surface area (TPSA) is 76.1 Å². The van der Waals surface area contributed by atoms with Gasteiger partial charge < -0.3 is 5.32 Å². The van der Waals surface area contributed by atoms with E-state index in [1.807, 2.05) is 0 Å². The van der Waals surface area contributed by atoms with E-state index in [-0.39, 0.29) is 29.4 Å². The van der Waals surface area contributed by atoms with E-state index < -0.39 is 9.84 Å². The van der Waals surface area contributed by atoms with E-state index in [4.69, 9.17) is 23.2 Å². The van der Waals surface area contributed by atoms with Crippen molar-refractivity contribution in [2.75, 3.05) is 11.1 Å². The van der Waals surface area contributed by atoms with Gasteiger partial charge >= 0.3 is 0 Å². The standard InChI is InChI=1S/C17H14Cl2N2O3S2/c18-12-8-9-13(19)16-15(12)21-17(25-16)20-14(22)7-4-10-26(23,24)11-5-2-1-3-6-11/h1-3,5-6,8-9H,4,7,10H2,(H,20,21,22). The highest BCUT2D eigenvalue weighted by atomic mass is 35.5. The Labute approximate surface area is 164 Å². The van der Waals surface area contributed by atoms with Crippen molar-refractivity contribution in [2.45, 2.75) is 17.7 Å². The van der Waals surface area contributed by atoms with Gasteiger partial charge in [0.2, 0.25) is 5.91 Å². The largest absolute Gasteiger partial charge is 0.302 e. The van der Waals surface area contributed by atoms with Crippen LogP contribution in [-0.4, -0.2) is 25.1 Å². The van der Waals surface area contributed by atoms with Crippen LogP contribution in [0.3, 0.4) is 0 Å². The minimum atomic E-state index is -3.39. The molecule has 0 saturated carbocycles. The summed E-state index contributed by atoms with van der Waals surface area (Å²) < 4.78 is 25.1. The van der Waals surface area contributed by atoms with E-state index in [1.54, 1.807) is 42.5 Å². The number of benzene rings is 2. The molecule has 3 aromatic rings. The van der Waals surface area contributed by atoms with Crippen LogP contribution >= 0.6 is 34.5 Å². The summed E-state index contributed by atoms with van der Waals surface area (Å²) in [7, 11) is -3.39. The molecule has 1 aromatic heterocycles. The number of nitrogens with one attached hydrogen (secondary N) is 1. The van der Waals surface area contributed by atoms with Crippen molar-refractivity contribution in [1.82, 2.24) is 4.98 Å². The first-order valence-electron chi connectivity index (χ1n) is 7.69. The van der Waals surface area contributed by atoms with Crippen LogP contribution in [0.4, 0.5) is 5.13 Å². The molecule has 1 N–H and O–H groups in total. The molecule has 0 fully saturated rings. The highest BCUT2D eigenvalue weighted by Gasteiger charge is 2.16. The summed E-state index contributed by atoms with van der Waals surface area (Å²) in [4.78, 5) is 16.6. The third-order valence-corrected chi connectivity index (χ3v) is 7.16. The number of rotatable bonds is 6. The fourth-order valence-corrected chi connectivity index (χ4v) is 5.12. The maximum Gasteiger partial charge on any atom is 0.226 e. The lowest BCUT2D eigenvalue weighted by Crippen LogP contribution is -2.14. The van der Waals surface area contributed by atoms with Crippen LogP contribution in [0.5, 0.6) is 0 Å². The van der Waals surface area contributed by atoms with E-state index in [1.165, 1.54) is 11.3 Å². The minimum Gasteiger partial charge on any atom is -0.302 e. The first-order valence-corrected chi connectivity index (χ1v) is 10.9. The normalized spacial score (nSPS) is 11.6. The lowest BCUT2D eigenvalue weighted by atomic mass is 10.3. The summed E-state index contributed by atoms with van der Waals surface area (Å²) in [6.07, 6.45) is 0.291. The van der Waals surface area contributed by atoms with Crippen LogP contribution in [0, 0.1) is 0 Å². The fourth-order valence-electron chi connectivity index (χ4n) is 2.35. The highest BCUT2D eigenvalue weighted by molar-refractivity contribution is 7.91. The van der Waals surface area contributed by atoms with Gasteiger partial charge in [0.25, 0.3) is 0 Å². The van der Waals surface area contributed by atoms with Gasteiger partial charge in [-0.05, 0) is 30.7 Å². The maximum absolute atomic E-state index is 12.2. The van der Waals surface area contributed by atoms with Crippen molar-refractivity contribution in [3.05, 3.63) is 52.5 Å². The molecular weight excluding hydrogens is 415 g/mol. The monoisotopic (exact) mass is 428 g/mol. The van der Waals surface area contributed by atoms with Crippen molar-refractivity contribution >= 4 is 65.6 Å². The number of sulfone groups is 1. The molecule has 26 heavy (non-hydrogen) atoms. The predicted octanol–water partition coefficient (Wildman–Crippen LogP) is 4.80. The van der Waals surface area contributed by atoms with Crippen molar-refractivity contribution < 1.29 is 13.2 Å². The number of amides is 1. The molecule has 0 atom stereocenters. The lowest BCUT2D eigenvalue weighted by molar-refractivity contribution is -0.116. The third-order valence-electron chi connectivity index (χ3n) is 3.61. The second-order valence-electron chi connectivity index (χ2n) is 5.51. The molecule has 0 aliphatic carbocycles. The lowest BCUT2D eigenvalue weighted by Gasteiger charge is -2.04. The van der Waals surface area contributed by atoms with Crippen molar-refractivity contribution in [2.24, 2.45) is 0 Å². The molecule has 3 rings (SSSR count). The molecule has 0 bridgehead atoms. The maximum atomic E-state index is 12.2. The molecule has 9 heteroatoms. The summed E-state index contributed by atoms with van der Waals surface area (Å²) >= 11 is 13.4. The molecular formula is C17H14Cl2N2O3S2. The molecule has 0 aliphatic rings. The number of carbonyl (C=O) groups is 1. The van der Waals surface area contributed by atoms with Crippen molar-refractivity contribution in [3.63, 3.8) is 0 Å². The van der Waals surface area contributed by atoms with Crippen LogP contribution in [0.2, 0.25) is 10.0 Å². The molecule has 136 valence electrons. The Hall–Kier alpha value is -1.67. The third kappa shape index (κ3) is 4.35. The number of anilines is 1. The van der Waals surface area contributed by atoms with Crippen LogP contribution in [0.1, 0.15) is 12.8 Å². The van der Waals surface area contributed by atoms with Gasteiger partial charge in [-0.25, -0.2) is 13.4 Å². The van der Waals surface area contributed by atoms with E-state index in [0.717, 1.165) is 0 Å². The Morgan fingerprint density at radius 1 is 1.08 bits per heavy atom. The average molecular weight is 429 g/mol. The number of halogens is 2. The molecule has 0 aliphatic heterocycles. The zero-order chi connectivity index (χ0) is 18.7. The molecule has 1 heterocycles. The Balaban J connectivity index is 1.60. The van der Waals surface area contributed by atoms with Gasteiger partial charge in [-0.1, -0.05) is 52.7 Å². The molecule has 0 spiro atoms. The Bertz CT molecular complexity index is 1010. The van der Waals surface area contributed by atoms with Crippen molar-refractivity contribution in [1.29, 1.82) is 0 Å². The van der Waals surface area contributed by atoms with E-state index in [0.29, 0.717) is 25.4 Å². The SMILES string of the molecule is O=C(CCCS(=O)(=O)c1ccccc1)Nc1nc2c(Cl)ccc(Cl)c2s1. The van der Waals surface area contributed by atoms with Gasteiger partial charge in [-0.15, -0.1) is 0 Å². The van der Waals surface area contributed by atoms with Gasteiger partial charge in [0.05, 0.1) is 25.4 Å².